The molecule has 6 nitrogen and oxygen atoms in total. The molecule has 3 aromatic rings. The second-order valence-corrected chi connectivity index (χ2v) is 7.64. The number of anilines is 1. The van der Waals surface area contributed by atoms with E-state index in [0.717, 1.165) is 10.2 Å². The maximum absolute atomic E-state index is 13.0. The van der Waals surface area contributed by atoms with Gasteiger partial charge in [-0.05, 0) is 47.5 Å². The monoisotopic (exact) mass is 489 g/mol. The average Bonchev–Trinajstić information content (AvgIpc) is 3.19. The van der Waals surface area contributed by atoms with Gasteiger partial charge in [-0.2, -0.15) is 23.4 Å². The van der Waals surface area contributed by atoms with E-state index in [0.29, 0.717) is 17.3 Å². The zero-order valence-corrected chi connectivity index (χ0v) is 17.7. The molecule has 0 aliphatic rings. The Hall–Kier alpha value is -2.33. The largest absolute Gasteiger partial charge is 0.436 e. The second kappa shape index (κ2) is 8.19. The second-order valence-electron chi connectivity index (χ2n) is 6.41. The summed E-state index contributed by atoms with van der Waals surface area (Å²) in [6.45, 7) is 3.38. The minimum atomic E-state index is -4.62. The van der Waals surface area contributed by atoms with E-state index >= 15 is 0 Å². The minimum Gasteiger partial charge on any atom is -0.322 e. The normalized spacial score (nSPS) is 12.8. The van der Waals surface area contributed by atoms with E-state index in [1.54, 1.807) is 23.0 Å². The fourth-order valence-electron chi connectivity index (χ4n) is 2.75. The third-order valence-electron chi connectivity index (χ3n) is 4.23. The van der Waals surface area contributed by atoms with Crippen LogP contribution in [-0.2, 0) is 17.5 Å². The summed E-state index contributed by atoms with van der Waals surface area (Å²) >= 11 is 8.87. The first-order valence-corrected chi connectivity index (χ1v) is 9.63. The Bertz CT molecular complexity index is 1050. The van der Waals surface area contributed by atoms with Crippen molar-refractivity contribution in [3.8, 4) is 0 Å². The highest BCUT2D eigenvalue weighted by Crippen LogP contribution is 2.36. The molecule has 0 radical (unpaired) electrons. The summed E-state index contributed by atoms with van der Waals surface area (Å²) in [4.78, 5) is 12.5. The standard InChI is InChI=1S/C18H16BrClF3N5O/c1-10-15(19)16(18(21,22)23)26-28(10)11(2)17(29)25-14-7-24-27(9-14)8-12-4-3-5-13(20)6-12/h3-7,9,11H,8H2,1-2H3,(H,25,29). The predicted octanol–water partition coefficient (Wildman–Crippen LogP) is 5.07. The van der Waals surface area contributed by atoms with Crippen LogP contribution >= 0.6 is 27.5 Å². The molecule has 1 aromatic carbocycles. The van der Waals surface area contributed by atoms with E-state index in [1.165, 1.54) is 20.0 Å². The fourth-order valence-corrected chi connectivity index (χ4v) is 3.45. The molecule has 0 bridgehead atoms. The lowest BCUT2D eigenvalue weighted by molar-refractivity contribution is -0.142. The molecule has 0 aliphatic heterocycles. The molecular formula is C18H16BrClF3N5O. The van der Waals surface area contributed by atoms with Gasteiger partial charge < -0.3 is 5.32 Å². The first-order chi connectivity index (χ1) is 13.6. The minimum absolute atomic E-state index is 0.181. The van der Waals surface area contributed by atoms with Crippen molar-refractivity contribution < 1.29 is 18.0 Å². The molecule has 1 N–H and O–H groups in total. The van der Waals surface area contributed by atoms with Gasteiger partial charge in [-0.15, -0.1) is 0 Å². The van der Waals surface area contributed by atoms with Crippen LogP contribution in [0.4, 0.5) is 18.9 Å². The van der Waals surface area contributed by atoms with Crippen molar-refractivity contribution in [3.63, 3.8) is 0 Å². The third-order valence-corrected chi connectivity index (χ3v) is 5.41. The van der Waals surface area contributed by atoms with Gasteiger partial charge in [-0.3, -0.25) is 14.2 Å². The Labute approximate surface area is 177 Å². The smallest absolute Gasteiger partial charge is 0.322 e. The molecule has 3 rings (SSSR count). The zero-order valence-electron chi connectivity index (χ0n) is 15.3. The molecule has 1 unspecified atom stereocenters. The number of hydrogen-bond donors (Lipinski definition) is 1. The van der Waals surface area contributed by atoms with Crippen molar-refractivity contribution in [2.75, 3.05) is 5.32 Å². The molecule has 0 saturated carbocycles. The van der Waals surface area contributed by atoms with E-state index in [2.05, 4.69) is 31.4 Å². The summed E-state index contributed by atoms with van der Waals surface area (Å²) in [5.74, 6) is -0.515. The number of aromatic nitrogens is 4. The van der Waals surface area contributed by atoms with E-state index in [9.17, 15) is 18.0 Å². The number of hydrogen-bond acceptors (Lipinski definition) is 3. The summed E-state index contributed by atoms with van der Waals surface area (Å²) in [5.41, 5.74) is 0.493. The first kappa shape index (κ1) is 21.4. The maximum Gasteiger partial charge on any atom is 0.436 e. The van der Waals surface area contributed by atoms with Gasteiger partial charge in [0.25, 0.3) is 0 Å². The Morgan fingerprint density at radius 3 is 2.72 bits per heavy atom. The van der Waals surface area contributed by atoms with Crippen molar-refractivity contribution in [3.05, 3.63) is 63.1 Å². The highest BCUT2D eigenvalue weighted by atomic mass is 79.9. The number of amides is 1. The van der Waals surface area contributed by atoms with Crippen molar-refractivity contribution in [2.45, 2.75) is 32.6 Å². The summed E-state index contributed by atoms with van der Waals surface area (Å²) in [7, 11) is 0. The quantitative estimate of drug-likeness (QED) is 0.543. The lowest BCUT2D eigenvalue weighted by Gasteiger charge is -2.13. The molecular weight excluding hydrogens is 475 g/mol. The van der Waals surface area contributed by atoms with Crippen LogP contribution in [0.1, 0.15) is 29.9 Å². The van der Waals surface area contributed by atoms with Crippen molar-refractivity contribution in [1.29, 1.82) is 0 Å². The molecule has 0 spiro atoms. The molecule has 0 aliphatic carbocycles. The fraction of sp³-hybridized carbons (Fsp3) is 0.278. The van der Waals surface area contributed by atoms with Crippen LogP contribution in [0, 0.1) is 6.92 Å². The average molecular weight is 491 g/mol. The molecule has 2 heterocycles. The zero-order chi connectivity index (χ0) is 21.3. The van der Waals surface area contributed by atoms with Gasteiger partial charge in [0.05, 0.1) is 28.6 Å². The number of nitrogens with zero attached hydrogens (tertiary/aromatic N) is 4. The van der Waals surface area contributed by atoms with Gasteiger partial charge in [-0.25, -0.2) is 0 Å². The van der Waals surface area contributed by atoms with Crippen molar-refractivity contribution >= 4 is 39.1 Å². The highest BCUT2D eigenvalue weighted by Gasteiger charge is 2.39. The molecule has 1 amide bonds. The number of carbonyl (C=O) groups excluding carboxylic acids is 1. The van der Waals surface area contributed by atoms with Gasteiger partial charge in [0, 0.05) is 11.2 Å². The van der Waals surface area contributed by atoms with Crippen LogP contribution in [0.3, 0.4) is 0 Å². The molecule has 0 saturated heterocycles. The van der Waals surface area contributed by atoms with Gasteiger partial charge >= 0.3 is 6.18 Å². The number of rotatable bonds is 5. The highest BCUT2D eigenvalue weighted by molar-refractivity contribution is 9.10. The predicted molar refractivity (Wildman–Crippen MR) is 106 cm³/mol. The molecule has 1 atom stereocenters. The van der Waals surface area contributed by atoms with Crippen LogP contribution in [0.25, 0.3) is 0 Å². The van der Waals surface area contributed by atoms with Gasteiger partial charge in [0.1, 0.15) is 6.04 Å². The Morgan fingerprint density at radius 1 is 1.38 bits per heavy atom. The number of alkyl halides is 3. The first-order valence-electron chi connectivity index (χ1n) is 8.46. The van der Waals surface area contributed by atoms with E-state index in [4.69, 9.17) is 11.6 Å². The lowest BCUT2D eigenvalue weighted by Crippen LogP contribution is -2.25. The number of nitrogens with one attached hydrogen (secondary N) is 1. The number of carbonyl (C=O) groups is 1. The van der Waals surface area contributed by atoms with Crippen molar-refractivity contribution in [2.24, 2.45) is 0 Å². The molecule has 0 fully saturated rings. The summed E-state index contributed by atoms with van der Waals surface area (Å²) in [6, 6.07) is 6.33. The van der Waals surface area contributed by atoms with Crippen molar-refractivity contribution in [1.82, 2.24) is 19.6 Å². The topological polar surface area (TPSA) is 64.7 Å². The number of benzene rings is 1. The van der Waals surface area contributed by atoms with Crippen LogP contribution in [0.15, 0.2) is 41.1 Å². The lowest BCUT2D eigenvalue weighted by atomic mass is 10.2. The SMILES string of the molecule is Cc1c(Br)c(C(F)(F)F)nn1C(C)C(=O)Nc1cnn(Cc2cccc(Cl)c2)c1. The Kier molecular flexibility index (Phi) is 6.04. The van der Waals surface area contributed by atoms with Gasteiger partial charge in [-0.1, -0.05) is 23.7 Å². The molecule has 11 heteroatoms. The van der Waals surface area contributed by atoms with Crippen LogP contribution in [0.2, 0.25) is 5.02 Å². The van der Waals surface area contributed by atoms with Crippen LogP contribution in [0.5, 0.6) is 0 Å². The molecule has 29 heavy (non-hydrogen) atoms. The maximum atomic E-state index is 13.0. The molecule has 2 aromatic heterocycles. The Morgan fingerprint density at radius 2 is 2.10 bits per heavy atom. The number of halogens is 5. The van der Waals surface area contributed by atoms with E-state index in [1.807, 2.05) is 12.1 Å². The Balaban J connectivity index is 1.72. The summed E-state index contributed by atoms with van der Waals surface area (Å²) < 4.78 is 41.6. The van der Waals surface area contributed by atoms with Gasteiger partial charge in [0.2, 0.25) is 5.91 Å². The summed E-state index contributed by atoms with van der Waals surface area (Å²) in [5, 5.41) is 11.0. The van der Waals surface area contributed by atoms with Gasteiger partial charge in [0.15, 0.2) is 5.69 Å². The summed E-state index contributed by atoms with van der Waals surface area (Å²) in [6.07, 6.45) is -1.53. The van der Waals surface area contributed by atoms with Crippen LogP contribution < -0.4 is 5.32 Å². The van der Waals surface area contributed by atoms with Crippen LogP contribution in [-0.4, -0.2) is 25.5 Å². The van der Waals surface area contributed by atoms with E-state index in [-0.39, 0.29) is 10.2 Å². The third kappa shape index (κ3) is 4.81. The van der Waals surface area contributed by atoms with E-state index < -0.39 is 23.8 Å². The molecule has 154 valence electrons.